The second-order valence-corrected chi connectivity index (χ2v) is 3.45. The molecule has 0 unspecified atom stereocenters. The summed E-state index contributed by atoms with van der Waals surface area (Å²) in [5.41, 5.74) is 0. The van der Waals surface area contributed by atoms with Gasteiger partial charge in [0.05, 0.1) is 11.5 Å². The lowest BCUT2D eigenvalue weighted by Gasteiger charge is -1.93. The summed E-state index contributed by atoms with van der Waals surface area (Å²) in [6, 6.07) is 3.37. The zero-order chi connectivity index (χ0) is 8.97. The summed E-state index contributed by atoms with van der Waals surface area (Å²) < 4.78 is 5.02. The van der Waals surface area contributed by atoms with Gasteiger partial charge in [-0.05, 0) is 23.7 Å². The Morgan fingerprint density at radius 1 is 1.67 bits per heavy atom. The molecule has 0 aliphatic heterocycles. The van der Waals surface area contributed by atoms with E-state index in [9.17, 15) is 4.79 Å². The van der Waals surface area contributed by atoms with Crippen LogP contribution >= 0.6 is 23.4 Å². The maximum Gasteiger partial charge on any atom is 0.313 e. The highest BCUT2D eigenvalue weighted by Gasteiger charge is 2.01. The Labute approximate surface area is 78.7 Å². The molecule has 1 aromatic rings. The Balaban J connectivity index is 2.29. The van der Waals surface area contributed by atoms with Crippen molar-refractivity contribution in [3.05, 3.63) is 23.1 Å². The number of halogens is 1. The Bertz CT molecular complexity index is 271. The van der Waals surface area contributed by atoms with Gasteiger partial charge in [-0.2, -0.15) is 0 Å². The van der Waals surface area contributed by atoms with Crippen molar-refractivity contribution in [1.29, 1.82) is 0 Å². The van der Waals surface area contributed by atoms with Gasteiger partial charge in [-0.15, -0.1) is 11.8 Å². The molecule has 0 bridgehead atoms. The topological polar surface area (TPSA) is 50.4 Å². The molecular formula is C7H7ClO3S. The number of furan rings is 1. The fourth-order valence-corrected chi connectivity index (χ4v) is 1.46. The third-order valence-corrected chi connectivity index (χ3v) is 2.24. The van der Waals surface area contributed by atoms with E-state index in [1.54, 1.807) is 12.1 Å². The highest BCUT2D eigenvalue weighted by Crippen LogP contribution is 2.18. The molecule has 0 amide bonds. The molecule has 1 N–H and O–H groups in total. The molecule has 1 heterocycles. The quantitative estimate of drug-likeness (QED) is 0.821. The second-order valence-electron chi connectivity index (χ2n) is 2.09. The molecular weight excluding hydrogens is 200 g/mol. The lowest BCUT2D eigenvalue weighted by molar-refractivity contribution is -0.133. The van der Waals surface area contributed by atoms with E-state index >= 15 is 0 Å². The van der Waals surface area contributed by atoms with Crippen LogP contribution in [-0.4, -0.2) is 16.8 Å². The summed E-state index contributed by atoms with van der Waals surface area (Å²) in [6.45, 7) is 0. The van der Waals surface area contributed by atoms with Gasteiger partial charge in [0.25, 0.3) is 0 Å². The van der Waals surface area contributed by atoms with Gasteiger partial charge in [0.2, 0.25) is 0 Å². The van der Waals surface area contributed by atoms with Gasteiger partial charge in [-0.25, -0.2) is 0 Å². The normalized spacial score (nSPS) is 10.1. The van der Waals surface area contributed by atoms with Crippen molar-refractivity contribution >= 4 is 29.3 Å². The van der Waals surface area contributed by atoms with E-state index in [0.29, 0.717) is 16.7 Å². The summed E-state index contributed by atoms with van der Waals surface area (Å²) in [6.07, 6.45) is 0. The lowest BCUT2D eigenvalue weighted by atomic mass is 10.5. The van der Waals surface area contributed by atoms with Crippen LogP contribution in [0, 0.1) is 0 Å². The first-order valence-corrected chi connectivity index (χ1v) is 4.75. The molecule has 12 heavy (non-hydrogen) atoms. The molecule has 0 saturated carbocycles. The first-order chi connectivity index (χ1) is 5.68. The van der Waals surface area contributed by atoms with Crippen molar-refractivity contribution in [2.45, 2.75) is 5.75 Å². The number of carboxylic acids is 1. The highest BCUT2D eigenvalue weighted by molar-refractivity contribution is 7.99. The molecule has 0 aromatic carbocycles. The third kappa shape index (κ3) is 3.19. The zero-order valence-electron chi connectivity index (χ0n) is 6.12. The van der Waals surface area contributed by atoms with Gasteiger partial charge < -0.3 is 9.52 Å². The van der Waals surface area contributed by atoms with Crippen LogP contribution in [0.5, 0.6) is 0 Å². The number of carboxylic acid groups (broad SMARTS) is 1. The van der Waals surface area contributed by atoms with E-state index in [0.717, 1.165) is 0 Å². The van der Waals surface area contributed by atoms with Crippen LogP contribution in [-0.2, 0) is 10.5 Å². The maximum absolute atomic E-state index is 10.1. The Hall–Kier alpha value is -0.610. The third-order valence-electron chi connectivity index (χ3n) is 1.10. The molecule has 0 fully saturated rings. The van der Waals surface area contributed by atoms with Crippen molar-refractivity contribution in [2.75, 3.05) is 5.75 Å². The first kappa shape index (κ1) is 9.48. The van der Waals surface area contributed by atoms with Crippen molar-refractivity contribution in [3.63, 3.8) is 0 Å². The number of hydrogen-bond acceptors (Lipinski definition) is 3. The van der Waals surface area contributed by atoms with Gasteiger partial charge in [0.15, 0.2) is 5.22 Å². The monoisotopic (exact) mass is 206 g/mol. The minimum Gasteiger partial charge on any atom is -0.481 e. The Kier molecular flexibility index (Phi) is 3.49. The van der Waals surface area contributed by atoms with E-state index in [4.69, 9.17) is 21.1 Å². The van der Waals surface area contributed by atoms with E-state index in [2.05, 4.69) is 0 Å². The average Bonchev–Trinajstić information content (AvgIpc) is 2.35. The Morgan fingerprint density at radius 3 is 2.92 bits per heavy atom. The van der Waals surface area contributed by atoms with Crippen molar-refractivity contribution in [2.24, 2.45) is 0 Å². The molecule has 0 radical (unpaired) electrons. The van der Waals surface area contributed by atoms with Crippen LogP contribution in [0.4, 0.5) is 0 Å². The van der Waals surface area contributed by atoms with Crippen molar-refractivity contribution in [3.8, 4) is 0 Å². The molecule has 0 atom stereocenters. The molecule has 1 aromatic heterocycles. The smallest absolute Gasteiger partial charge is 0.313 e. The van der Waals surface area contributed by atoms with E-state index in [1.165, 1.54) is 11.8 Å². The predicted octanol–water partition coefficient (Wildman–Crippen LogP) is 2.25. The van der Waals surface area contributed by atoms with Crippen LogP contribution in [0.1, 0.15) is 5.76 Å². The number of aliphatic carboxylic acids is 1. The van der Waals surface area contributed by atoms with Crippen LogP contribution in [0.15, 0.2) is 16.5 Å². The molecule has 0 saturated heterocycles. The molecule has 3 nitrogen and oxygen atoms in total. The second kappa shape index (κ2) is 4.42. The lowest BCUT2D eigenvalue weighted by Crippen LogP contribution is -1.97. The number of rotatable bonds is 4. The van der Waals surface area contributed by atoms with E-state index in [1.807, 2.05) is 0 Å². The average molecular weight is 207 g/mol. The van der Waals surface area contributed by atoms with Crippen LogP contribution in [0.25, 0.3) is 0 Å². The summed E-state index contributed by atoms with van der Waals surface area (Å²) in [5, 5.41) is 8.65. The maximum atomic E-state index is 10.1. The first-order valence-electron chi connectivity index (χ1n) is 3.22. The van der Waals surface area contributed by atoms with Gasteiger partial charge in [0.1, 0.15) is 5.76 Å². The van der Waals surface area contributed by atoms with Gasteiger partial charge >= 0.3 is 5.97 Å². The van der Waals surface area contributed by atoms with Crippen LogP contribution in [0.2, 0.25) is 5.22 Å². The molecule has 0 aliphatic carbocycles. The molecule has 0 aliphatic rings. The van der Waals surface area contributed by atoms with Crippen LogP contribution < -0.4 is 0 Å². The highest BCUT2D eigenvalue weighted by atomic mass is 35.5. The Morgan fingerprint density at radius 2 is 2.42 bits per heavy atom. The minimum atomic E-state index is -0.822. The summed E-state index contributed by atoms with van der Waals surface area (Å²) in [5.74, 6) is 0.501. The van der Waals surface area contributed by atoms with Crippen molar-refractivity contribution < 1.29 is 14.3 Å². The van der Waals surface area contributed by atoms with Crippen molar-refractivity contribution in [1.82, 2.24) is 0 Å². The van der Waals surface area contributed by atoms with E-state index in [-0.39, 0.29) is 5.75 Å². The molecule has 5 heteroatoms. The summed E-state index contributed by atoms with van der Waals surface area (Å²) in [7, 11) is 0. The molecule has 0 spiro atoms. The fourth-order valence-electron chi connectivity index (χ4n) is 0.668. The number of thioether (sulfide) groups is 1. The van der Waals surface area contributed by atoms with Gasteiger partial charge in [0, 0.05) is 0 Å². The van der Waals surface area contributed by atoms with Gasteiger partial charge in [-0.3, -0.25) is 4.79 Å². The number of carbonyl (C=O) groups is 1. The summed E-state index contributed by atoms with van der Waals surface area (Å²) >= 11 is 6.79. The SMILES string of the molecule is O=C(O)CSCc1ccc(Cl)o1. The predicted molar refractivity (Wildman–Crippen MR) is 47.5 cm³/mol. The zero-order valence-corrected chi connectivity index (χ0v) is 7.69. The fraction of sp³-hybridized carbons (Fsp3) is 0.286. The standard InChI is InChI=1S/C7H7ClO3S/c8-6-2-1-5(11-6)3-12-4-7(9)10/h1-2H,3-4H2,(H,9,10). The van der Waals surface area contributed by atoms with Gasteiger partial charge in [-0.1, -0.05) is 0 Å². The molecule has 66 valence electrons. The van der Waals surface area contributed by atoms with Crippen LogP contribution in [0.3, 0.4) is 0 Å². The number of hydrogen-bond donors (Lipinski definition) is 1. The summed E-state index contributed by atoms with van der Waals surface area (Å²) in [4.78, 5) is 10.1. The largest absolute Gasteiger partial charge is 0.481 e. The molecule has 1 rings (SSSR count). The minimum absolute atomic E-state index is 0.0817. The van der Waals surface area contributed by atoms with E-state index < -0.39 is 5.97 Å².